The lowest BCUT2D eigenvalue weighted by Crippen LogP contribution is -2.34. The third kappa shape index (κ3) is 6.08. The molecule has 1 aliphatic heterocycles. The number of fused-ring (bicyclic) bond motifs is 7. The van der Waals surface area contributed by atoms with Crippen LogP contribution in [0, 0.1) is 0 Å². The van der Waals surface area contributed by atoms with Crippen molar-refractivity contribution in [2.24, 2.45) is 9.98 Å². The number of nitrogens with zero attached hydrogens (tertiary/aromatic N) is 2. The number of nitrogens with one attached hydrogen (secondary N) is 1. The van der Waals surface area contributed by atoms with E-state index in [9.17, 15) is 0 Å². The highest BCUT2D eigenvalue weighted by molar-refractivity contribution is 6.20. The SMILES string of the molecule is c1ccc(-c2cccc3c2oc2cccc(-c4ccccc4C4=NC(c5ccc(-c6ccc7ccccc7c6)cc5)=NC(c5ccc6c(ccc7ccccc76)c5)N4)c23)cc1. The lowest BCUT2D eigenvalue weighted by Gasteiger charge is -2.25. The maximum absolute atomic E-state index is 6.69. The van der Waals surface area contributed by atoms with Gasteiger partial charge in [-0.3, -0.25) is 0 Å². The van der Waals surface area contributed by atoms with Gasteiger partial charge < -0.3 is 9.73 Å². The summed E-state index contributed by atoms with van der Waals surface area (Å²) in [4.78, 5) is 10.7. The average molecular weight is 780 g/mol. The summed E-state index contributed by atoms with van der Waals surface area (Å²) in [5.41, 5.74) is 11.4. The van der Waals surface area contributed by atoms with Crippen LogP contribution in [0.5, 0.6) is 0 Å². The Kier molecular flexibility index (Phi) is 8.20. The fraction of sp³-hybridized carbons (Fsp3) is 0.0175. The minimum absolute atomic E-state index is 0.384. The number of para-hydroxylation sites is 1. The van der Waals surface area contributed by atoms with Crippen molar-refractivity contribution < 1.29 is 4.42 Å². The fourth-order valence-electron chi connectivity index (χ4n) is 9.11. The van der Waals surface area contributed by atoms with Crippen molar-refractivity contribution in [1.29, 1.82) is 0 Å². The van der Waals surface area contributed by atoms with Crippen LogP contribution in [-0.4, -0.2) is 11.7 Å². The zero-order chi connectivity index (χ0) is 40.3. The summed E-state index contributed by atoms with van der Waals surface area (Å²) in [6.07, 6.45) is -0.384. The van der Waals surface area contributed by atoms with Gasteiger partial charge in [-0.25, -0.2) is 9.98 Å². The van der Waals surface area contributed by atoms with Crippen molar-refractivity contribution in [1.82, 2.24) is 5.32 Å². The summed E-state index contributed by atoms with van der Waals surface area (Å²) >= 11 is 0. The van der Waals surface area contributed by atoms with Crippen LogP contribution in [0.1, 0.15) is 22.9 Å². The van der Waals surface area contributed by atoms with E-state index in [1.54, 1.807) is 0 Å². The van der Waals surface area contributed by atoms with Crippen molar-refractivity contribution in [3.05, 3.63) is 229 Å². The van der Waals surface area contributed by atoms with Gasteiger partial charge in [-0.05, 0) is 83.9 Å². The molecule has 4 heteroatoms. The Morgan fingerprint density at radius 3 is 1.92 bits per heavy atom. The van der Waals surface area contributed by atoms with Crippen LogP contribution in [0.2, 0.25) is 0 Å². The van der Waals surface area contributed by atoms with Crippen LogP contribution in [-0.2, 0) is 0 Å². The minimum Gasteiger partial charge on any atom is -0.455 e. The topological polar surface area (TPSA) is 49.9 Å². The lowest BCUT2D eigenvalue weighted by atomic mass is 9.93. The number of rotatable bonds is 6. The van der Waals surface area contributed by atoms with Crippen molar-refractivity contribution in [2.45, 2.75) is 6.17 Å². The van der Waals surface area contributed by atoms with Gasteiger partial charge in [-0.1, -0.05) is 194 Å². The molecule has 1 aromatic heterocycles. The van der Waals surface area contributed by atoms with E-state index in [-0.39, 0.29) is 6.17 Å². The highest BCUT2D eigenvalue weighted by Gasteiger charge is 2.25. The van der Waals surface area contributed by atoms with Gasteiger partial charge in [0.2, 0.25) is 0 Å². The summed E-state index contributed by atoms with van der Waals surface area (Å²) in [6, 6.07) is 75.2. The summed E-state index contributed by atoms with van der Waals surface area (Å²) in [7, 11) is 0. The van der Waals surface area contributed by atoms with Gasteiger partial charge in [0.15, 0.2) is 5.84 Å². The second-order valence-electron chi connectivity index (χ2n) is 15.7. The second kappa shape index (κ2) is 14.3. The standard InChI is InChI=1S/C57H37N3O/c1-2-13-38(14-3-1)47-20-10-22-51-53-49(21-11-23-52(53)61-54(47)51)48-18-8-9-19-50(48)57-59-55(40-28-24-37(25-29-40)42-30-26-36-12-4-5-16-41(36)34-42)58-56(60-57)44-32-33-46-43(35-44)31-27-39-15-6-7-17-45(39)46/h1-35,56H,(H,58,59,60). The molecule has 0 spiro atoms. The number of hydrogen-bond donors (Lipinski definition) is 1. The van der Waals surface area contributed by atoms with E-state index in [1.165, 1.54) is 37.9 Å². The molecule has 12 rings (SSSR count). The van der Waals surface area contributed by atoms with E-state index < -0.39 is 0 Å². The number of benzene rings is 10. The third-order valence-corrected chi connectivity index (χ3v) is 12.1. The summed E-state index contributed by atoms with van der Waals surface area (Å²) in [5.74, 6) is 1.44. The summed E-state index contributed by atoms with van der Waals surface area (Å²) in [6.45, 7) is 0. The number of furan rings is 1. The average Bonchev–Trinajstić information content (AvgIpc) is 3.73. The molecule has 0 saturated carbocycles. The molecule has 61 heavy (non-hydrogen) atoms. The van der Waals surface area contributed by atoms with Gasteiger partial charge in [-0.2, -0.15) is 0 Å². The van der Waals surface area contributed by atoms with Crippen molar-refractivity contribution in [2.75, 3.05) is 0 Å². The number of amidine groups is 2. The van der Waals surface area contributed by atoms with Crippen LogP contribution in [0.25, 0.3) is 87.6 Å². The quantitative estimate of drug-likeness (QED) is 0.171. The molecular formula is C57H37N3O. The summed E-state index contributed by atoms with van der Waals surface area (Å²) < 4.78 is 6.69. The molecule has 4 nitrogen and oxygen atoms in total. The second-order valence-corrected chi connectivity index (χ2v) is 15.7. The van der Waals surface area contributed by atoms with Crippen molar-refractivity contribution in [3.8, 4) is 33.4 Å². The monoisotopic (exact) mass is 779 g/mol. The lowest BCUT2D eigenvalue weighted by molar-refractivity contribution is 0.670. The zero-order valence-electron chi connectivity index (χ0n) is 33.1. The largest absolute Gasteiger partial charge is 0.455 e. The molecule has 1 aliphatic rings. The molecule has 1 unspecified atom stereocenters. The number of hydrogen-bond acceptors (Lipinski definition) is 4. The van der Waals surface area contributed by atoms with Crippen LogP contribution < -0.4 is 5.32 Å². The first-order valence-corrected chi connectivity index (χ1v) is 20.8. The molecule has 0 saturated heterocycles. The van der Waals surface area contributed by atoms with Gasteiger partial charge in [0, 0.05) is 27.5 Å². The molecule has 10 aromatic carbocycles. The molecule has 0 amide bonds. The zero-order valence-corrected chi connectivity index (χ0v) is 33.1. The first-order valence-electron chi connectivity index (χ1n) is 20.8. The van der Waals surface area contributed by atoms with Crippen LogP contribution in [0.3, 0.4) is 0 Å². The van der Waals surface area contributed by atoms with E-state index in [1.807, 2.05) is 6.07 Å². The first-order chi connectivity index (χ1) is 30.2. The molecule has 0 bridgehead atoms. The molecule has 0 aliphatic carbocycles. The molecule has 1 N–H and O–H groups in total. The molecule has 0 fully saturated rings. The highest BCUT2D eigenvalue weighted by atomic mass is 16.3. The Hall–Kier alpha value is -8.08. The Morgan fingerprint density at radius 1 is 0.393 bits per heavy atom. The minimum atomic E-state index is -0.384. The molecule has 1 atom stereocenters. The van der Waals surface area contributed by atoms with Gasteiger partial charge in [0.25, 0.3) is 0 Å². The predicted octanol–water partition coefficient (Wildman–Crippen LogP) is 14.5. The van der Waals surface area contributed by atoms with Crippen molar-refractivity contribution >= 4 is 65.9 Å². The molecular weight excluding hydrogens is 743 g/mol. The molecule has 286 valence electrons. The highest BCUT2D eigenvalue weighted by Crippen LogP contribution is 2.42. The van der Waals surface area contributed by atoms with Crippen LogP contribution in [0.15, 0.2) is 227 Å². The van der Waals surface area contributed by atoms with Crippen molar-refractivity contribution in [3.63, 3.8) is 0 Å². The Labute approximate surface area is 352 Å². The van der Waals surface area contributed by atoms with E-state index in [0.717, 1.165) is 72.3 Å². The Morgan fingerprint density at radius 2 is 1.03 bits per heavy atom. The van der Waals surface area contributed by atoms with E-state index in [4.69, 9.17) is 14.4 Å². The smallest absolute Gasteiger partial charge is 0.159 e. The van der Waals surface area contributed by atoms with Crippen LogP contribution >= 0.6 is 0 Å². The first kappa shape index (κ1) is 34.9. The normalized spacial score (nSPS) is 14.1. The predicted molar refractivity (Wildman–Crippen MR) is 254 cm³/mol. The maximum atomic E-state index is 6.69. The molecule has 11 aromatic rings. The summed E-state index contributed by atoms with van der Waals surface area (Å²) in [5, 5.41) is 13.3. The van der Waals surface area contributed by atoms with Gasteiger partial charge in [0.05, 0.1) is 0 Å². The van der Waals surface area contributed by atoms with Gasteiger partial charge >= 0.3 is 0 Å². The van der Waals surface area contributed by atoms with E-state index in [2.05, 4.69) is 212 Å². The Balaban J connectivity index is 0.994. The number of aliphatic imine (C=N–C) groups is 2. The third-order valence-electron chi connectivity index (χ3n) is 12.1. The fourth-order valence-corrected chi connectivity index (χ4v) is 9.11. The molecule has 2 heterocycles. The van der Waals surface area contributed by atoms with E-state index >= 15 is 0 Å². The Bertz CT molecular complexity index is 3560. The van der Waals surface area contributed by atoms with E-state index in [0.29, 0.717) is 5.84 Å². The van der Waals surface area contributed by atoms with Gasteiger partial charge in [-0.15, -0.1) is 0 Å². The molecule has 0 radical (unpaired) electrons. The van der Waals surface area contributed by atoms with Gasteiger partial charge in [0.1, 0.15) is 23.2 Å². The van der Waals surface area contributed by atoms with Crippen LogP contribution in [0.4, 0.5) is 0 Å². The maximum Gasteiger partial charge on any atom is 0.159 e.